The van der Waals surface area contributed by atoms with Crippen molar-refractivity contribution in [1.82, 2.24) is 10.7 Å². The number of phenolic OH excluding ortho intramolecular Hbond substituents is 1. The quantitative estimate of drug-likeness (QED) is 0.433. The van der Waals surface area contributed by atoms with Crippen LogP contribution in [0.25, 0.3) is 0 Å². The molecule has 2 rings (SSSR count). The molecule has 1 atom stereocenters. The maximum atomic E-state index is 9.70. The van der Waals surface area contributed by atoms with Crippen LogP contribution in [-0.2, 0) is 4.74 Å². The summed E-state index contributed by atoms with van der Waals surface area (Å²) in [6, 6.07) is 4.91. The van der Waals surface area contributed by atoms with Crippen LogP contribution < -0.4 is 15.5 Å². The second-order valence-corrected chi connectivity index (χ2v) is 5.05. The molecular formula is C14H19N3O3S. The zero-order valence-corrected chi connectivity index (χ0v) is 12.7. The fourth-order valence-corrected chi connectivity index (χ4v) is 2.11. The summed E-state index contributed by atoms with van der Waals surface area (Å²) < 4.78 is 10.6. The van der Waals surface area contributed by atoms with Gasteiger partial charge < -0.3 is 19.9 Å². The summed E-state index contributed by atoms with van der Waals surface area (Å²) in [6.07, 6.45) is 3.85. The lowest BCUT2D eigenvalue weighted by molar-refractivity contribution is 0.114. The fourth-order valence-electron chi connectivity index (χ4n) is 1.97. The molecule has 0 saturated carbocycles. The maximum absolute atomic E-state index is 9.70. The number of rotatable bonds is 5. The second-order valence-electron chi connectivity index (χ2n) is 4.64. The molecule has 0 spiro atoms. The van der Waals surface area contributed by atoms with Gasteiger partial charge in [0.05, 0.1) is 19.4 Å². The van der Waals surface area contributed by atoms with Gasteiger partial charge in [-0.15, -0.1) is 0 Å². The third-order valence-electron chi connectivity index (χ3n) is 3.12. The van der Waals surface area contributed by atoms with Crippen LogP contribution in [-0.4, -0.2) is 42.8 Å². The Kier molecular flexibility index (Phi) is 5.77. The van der Waals surface area contributed by atoms with Gasteiger partial charge in [0, 0.05) is 18.7 Å². The molecule has 1 aliphatic heterocycles. The minimum atomic E-state index is 0.125. The van der Waals surface area contributed by atoms with Crippen molar-refractivity contribution in [1.29, 1.82) is 0 Å². The monoisotopic (exact) mass is 309 g/mol. The van der Waals surface area contributed by atoms with Crippen molar-refractivity contribution in [3.63, 3.8) is 0 Å². The molecule has 1 fully saturated rings. The third kappa shape index (κ3) is 4.87. The Balaban J connectivity index is 1.79. The van der Waals surface area contributed by atoms with Crippen LogP contribution in [0, 0.1) is 0 Å². The van der Waals surface area contributed by atoms with E-state index < -0.39 is 0 Å². The van der Waals surface area contributed by atoms with Crippen molar-refractivity contribution in [3.05, 3.63) is 23.8 Å². The van der Waals surface area contributed by atoms with Crippen molar-refractivity contribution >= 4 is 23.5 Å². The van der Waals surface area contributed by atoms with E-state index in [0.717, 1.165) is 19.4 Å². The molecule has 1 aromatic rings. The zero-order chi connectivity index (χ0) is 15.1. The van der Waals surface area contributed by atoms with Crippen molar-refractivity contribution in [2.24, 2.45) is 5.10 Å². The minimum absolute atomic E-state index is 0.125. The number of ether oxygens (including phenoxy) is 2. The van der Waals surface area contributed by atoms with Gasteiger partial charge in [-0.25, -0.2) is 0 Å². The molecule has 6 nitrogen and oxygen atoms in total. The number of benzene rings is 1. The van der Waals surface area contributed by atoms with Crippen LogP contribution in [0.1, 0.15) is 18.4 Å². The maximum Gasteiger partial charge on any atom is 0.187 e. The number of hydrogen-bond donors (Lipinski definition) is 3. The van der Waals surface area contributed by atoms with E-state index in [1.807, 2.05) is 0 Å². The van der Waals surface area contributed by atoms with Crippen LogP contribution >= 0.6 is 12.2 Å². The molecule has 0 aromatic heterocycles. The first-order valence-electron chi connectivity index (χ1n) is 6.74. The highest BCUT2D eigenvalue weighted by Gasteiger charge is 2.14. The van der Waals surface area contributed by atoms with E-state index in [9.17, 15) is 5.11 Å². The van der Waals surface area contributed by atoms with Gasteiger partial charge >= 0.3 is 0 Å². The molecule has 21 heavy (non-hydrogen) atoms. The predicted molar refractivity (Wildman–Crippen MR) is 85.0 cm³/mol. The summed E-state index contributed by atoms with van der Waals surface area (Å²) in [7, 11) is 1.57. The summed E-state index contributed by atoms with van der Waals surface area (Å²) in [5.41, 5.74) is 3.25. The average Bonchev–Trinajstić information content (AvgIpc) is 3.00. The smallest absolute Gasteiger partial charge is 0.187 e. The number of nitrogens with zero attached hydrogens (tertiary/aromatic N) is 1. The van der Waals surface area contributed by atoms with E-state index in [4.69, 9.17) is 21.7 Å². The first-order valence-corrected chi connectivity index (χ1v) is 7.15. The lowest BCUT2D eigenvalue weighted by Gasteiger charge is -2.11. The highest BCUT2D eigenvalue weighted by atomic mass is 32.1. The normalized spacial score (nSPS) is 17.9. The van der Waals surface area contributed by atoms with E-state index in [1.165, 1.54) is 6.21 Å². The molecule has 1 heterocycles. The number of aromatic hydroxyl groups is 1. The van der Waals surface area contributed by atoms with E-state index in [-0.39, 0.29) is 11.9 Å². The van der Waals surface area contributed by atoms with Gasteiger partial charge in [0.1, 0.15) is 11.5 Å². The Morgan fingerprint density at radius 3 is 3.19 bits per heavy atom. The Morgan fingerprint density at radius 1 is 1.62 bits per heavy atom. The molecule has 3 N–H and O–H groups in total. The first-order chi connectivity index (χ1) is 10.2. The number of nitrogens with one attached hydrogen (secondary N) is 2. The zero-order valence-electron chi connectivity index (χ0n) is 11.8. The van der Waals surface area contributed by atoms with Crippen LogP contribution in [0.3, 0.4) is 0 Å². The van der Waals surface area contributed by atoms with Gasteiger partial charge in [-0.3, -0.25) is 5.43 Å². The number of hydrogen-bond acceptors (Lipinski definition) is 5. The largest absolute Gasteiger partial charge is 0.507 e. The number of phenols is 1. The lowest BCUT2D eigenvalue weighted by Crippen LogP contribution is -2.37. The standard InChI is InChI=1S/C14H19N3O3S/c1-19-11-4-5-13(18)10(7-11)8-16-17-14(21)15-9-12-3-2-6-20-12/h4-5,7-8,12,18H,2-3,6,9H2,1H3,(H2,15,17,21)/b16-8+. The highest BCUT2D eigenvalue weighted by Crippen LogP contribution is 2.20. The lowest BCUT2D eigenvalue weighted by atomic mass is 10.2. The van der Waals surface area contributed by atoms with Gasteiger partial charge in [-0.05, 0) is 43.3 Å². The molecule has 0 radical (unpaired) electrons. The van der Waals surface area contributed by atoms with Gasteiger partial charge in [-0.2, -0.15) is 5.10 Å². The average molecular weight is 309 g/mol. The van der Waals surface area contributed by atoms with Crippen molar-refractivity contribution in [2.75, 3.05) is 20.3 Å². The minimum Gasteiger partial charge on any atom is -0.507 e. The first kappa shape index (κ1) is 15.5. The van der Waals surface area contributed by atoms with Gasteiger partial charge in [0.15, 0.2) is 5.11 Å². The number of methoxy groups -OCH3 is 1. The molecule has 1 unspecified atom stereocenters. The summed E-state index contributed by atoms with van der Waals surface area (Å²) >= 11 is 5.11. The predicted octanol–water partition coefficient (Wildman–Crippen LogP) is 1.38. The van der Waals surface area contributed by atoms with E-state index in [0.29, 0.717) is 23.0 Å². The summed E-state index contributed by atoms with van der Waals surface area (Å²) in [6.45, 7) is 1.49. The molecule has 1 aromatic carbocycles. The fraction of sp³-hybridized carbons (Fsp3) is 0.429. The SMILES string of the molecule is COc1ccc(O)c(/C=N/NC(=S)NCC2CCCO2)c1. The number of thiocarbonyl (C=S) groups is 1. The van der Waals surface area contributed by atoms with Crippen LogP contribution in [0.15, 0.2) is 23.3 Å². The molecule has 7 heteroatoms. The summed E-state index contributed by atoms with van der Waals surface area (Å²) in [4.78, 5) is 0. The van der Waals surface area contributed by atoms with Crippen molar-refractivity contribution in [2.45, 2.75) is 18.9 Å². The van der Waals surface area contributed by atoms with Crippen LogP contribution in [0.2, 0.25) is 0 Å². The van der Waals surface area contributed by atoms with Crippen molar-refractivity contribution < 1.29 is 14.6 Å². The Bertz CT molecular complexity index is 516. The number of hydrazone groups is 1. The Morgan fingerprint density at radius 2 is 2.48 bits per heavy atom. The molecule has 114 valence electrons. The summed E-state index contributed by atoms with van der Waals surface area (Å²) in [5.74, 6) is 0.771. The van der Waals surface area contributed by atoms with E-state index in [2.05, 4.69) is 15.8 Å². The Labute approximate surface area is 129 Å². The van der Waals surface area contributed by atoms with Gasteiger partial charge in [-0.1, -0.05) is 0 Å². The molecule has 0 aliphatic carbocycles. The molecule has 1 saturated heterocycles. The topological polar surface area (TPSA) is 75.1 Å². The third-order valence-corrected chi connectivity index (χ3v) is 3.35. The summed E-state index contributed by atoms with van der Waals surface area (Å²) in [5, 5.41) is 17.2. The van der Waals surface area contributed by atoms with E-state index >= 15 is 0 Å². The Hall–Kier alpha value is -1.86. The highest BCUT2D eigenvalue weighted by molar-refractivity contribution is 7.80. The van der Waals surface area contributed by atoms with Crippen LogP contribution in [0.5, 0.6) is 11.5 Å². The van der Waals surface area contributed by atoms with E-state index in [1.54, 1.807) is 25.3 Å². The molecule has 1 aliphatic rings. The molecule has 0 bridgehead atoms. The second kappa shape index (κ2) is 7.80. The van der Waals surface area contributed by atoms with Gasteiger partial charge in [0.25, 0.3) is 0 Å². The molecule has 0 amide bonds. The molecular weight excluding hydrogens is 290 g/mol. The van der Waals surface area contributed by atoms with Crippen molar-refractivity contribution in [3.8, 4) is 11.5 Å². The van der Waals surface area contributed by atoms with Crippen LogP contribution in [0.4, 0.5) is 0 Å². The van der Waals surface area contributed by atoms with Gasteiger partial charge in [0.2, 0.25) is 0 Å².